The molecule has 8 atom stereocenters. The van der Waals surface area contributed by atoms with Gasteiger partial charge in [-0.3, -0.25) is 0 Å². The number of esters is 1. The van der Waals surface area contributed by atoms with E-state index in [1.165, 1.54) is 43.2 Å². The van der Waals surface area contributed by atoms with E-state index in [4.69, 9.17) is 9.47 Å². The monoisotopic (exact) mass is 484 g/mol. The number of hydrogen-bond acceptors (Lipinski definition) is 5. The molecule has 1 aromatic carbocycles. The summed E-state index contributed by atoms with van der Waals surface area (Å²) in [7, 11) is 0. The molecule has 3 saturated carbocycles. The molecule has 2 bridgehead atoms. The minimum atomic E-state index is -0.289. The van der Waals surface area contributed by atoms with E-state index >= 15 is 0 Å². The van der Waals surface area contributed by atoms with Crippen LogP contribution in [0.2, 0.25) is 0 Å². The van der Waals surface area contributed by atoms with Crippen molar-refractivity contribution in [3.05, 3.63) is 29.3 Å². The van der Waals surface area contributed by atoms with E-state index in [9.17, 15) is 15.0 Å². The number of unbranched alkanes of at least 4 members (excludes halogenated alkanes) is 2. The molecule has 5 heteroatoms. The van der Waals surface area contributed by atoms with Gasteiger partial charge in [-0.25, -0.2) is 4.79 Å². The zero-order chi connectivity index (χ0) is 24.4. The number of hydrogen-bond donors (Lipinski definition) is 2. The van der Waals surface area contributed by atoms with E-state index in [1.54, 1.807) is 0 Å². The van der Waals surface area contributed by atoms with Gasteiger partial charge in [0.05, 0.1) is 12.2 Å². The van der Waals surface area contributed by atoms with Crippen LogP contribution in [0.25, 0.3) is 0 Å². The molecular formula is C30H44O5. The summed E-state index contributed by atoms with van der Waals surface area (Å²) in [5.41, 5.74) is 2.49. The van der Waals surface area contributed by atoms with Gasteiger partial charge in [0.15, 0.2) is 6.61 Å². The Hall–Kier alpha value is -1.59. The molecule has 0 aromatic heterocycles. The van der Waals surface area contributed by atoms with Crippen LogP contribution in [0.15, 0.2) is 18.2 Å². The summed E-state index contributed by atoms with van der Waals surface area (Å²) in [4.78, 5) is 12.5. The summed E-state index contributed by atoms with van der Waals surface area (Å²) < 4.78 is 11.8. The molecule has 0 radical (unpaired) electrons. The largest absolute Gasteiger partial charge is 0.482 e. The Morgan fingerprint density at radius 1 is 1.09 bits per heavy atom. The van der Waals surface area contributed by atoms with Gasteiger partial charge in [0.25, 0.3) is 0 Å². The second-order valence-electron chi connectivity index (χ2n) is 11.9. The number of carbonyl (C=O) groups excluding carboxylic acids is 1. The molecule has 194 valence electrons. The van der Waals surface area contributed by atoms with E-state index in [-0.39, 0.29) is 36.8 Å². The van der Waals surface area contributed by atoms with Gasteiger partial charge >= 0.3 is 5.97 Å². The van der Waals surface area contributed by atoms with Gasteiger partial charge < -0.3 is 19.7 Å². The number of carbonyl (C=O) groups is 1. The normalized spacial score (nSPS) is 33.9. The molecule has 0 saturated heterocycles. The summed E-state index contributed by atoms with van der Waals surface area (Å²) in [5.74, 6) is 3.02. The fourth-order valence-corrected chi connectivity index (χ4v) is 7.77. The van der Waals surface area contributed by atoms with Crippen LogP contribution in [0.3, 0.4) is 0 Å². The van der Waals surface area contributed by atoms with Crippen molar-refractivity contribution < 1.29 is 24.5 Å². The van der Waals surface area contributed by atoms with Crippen molar-refractivity contribution in [2.75, 3.05) is 6.61 Å². The number of aliphatic hydroxyl groups is 2. The molecule has 1 aromatic rings. The van der Waals surface area contributed by atoms with Crippen LogP contribution in [0, 0.1) is 29.6 Å². The zero-order valence-corrected chi connectivity index (χ0v) is 21.4. The van der Waals surface area contributed by atoms with E-state index in [1.807, 2.05) is 12.1 Å². The molecular weight excluding hydrogens is 440 g/mol. The van der Waals surface area contributed by atoms with Crippen LogP contribution in [0.1, 0.15) is 88.7 Å². The molecule has 4 aliphatic carbocycles. The molecule has 5 nitrogen and oxygen atoms in total. The molecule has 1 unspecified atom stereocenters. The molecule has 5 rings (SSSR count). The highest BCUT2D eigenvalue weighted by Crippen LogP contribution is 2.49. The SMILES string of the molecule is CCCCC[C@@H](O)CC[C@@H]1[C@H]2Cc3cccc(OCC(=O)O[C@@H]4C[C@@H]5CCC4C5)c3C[C@H]2C[C@H]1O. The predicted octanol–water partition coefficient (Wildman–Crippen LogP) is 5.23. The van der Waals surface area contributed by atoms with Crippen LogP contribution in [0.4, 0.5) is 0 Å². The van der Waals surface area contributed by atoms with Crippen LogP contribution in [0.5, 0.6) is 5.75 Å². The van der Waals surface area contributed by atoms with E-state index in [0.29, 0.717) is 17.8 Å². The number of aliphatic hydroxyl groups excluding tert-OH is 2. The molecule has 0 heterocycles. The van der Waals surface area contributed by atoms with Gasteiger partial charge in [0.1, 0.15) is 11.9 Å². The molecule has 2 N–H and O–H groups in total. The first-order chi connectivity index (χ1) is 17.0. The lowest BCUT2D eigenvalue weighted by molar-refractivity contribution is -0.153. The Kier molecular flexibility index (Phi) is 8.03. The standard InChI is InChI=1S/C30H44O5/c1-2-3-4-7-23(31)11-12-24-25-15-20-6-5-8-28(26(20)16-22(25)17-27(24)32)34-18-30(33)35-29-14-19-9-10-21(29)13-19/h5-6,8,19,21-25,27,29,31-32H,2-4,7,9-18H2,1H3/t19-,21?,22+,23-,24-,25+,27-,29-/m1/s1. The Labute approximate surface area is 210 Å². The average Bonchev–Trinajstić information content (AvgIpc) is 3.54. The van der Waals surface area contributed by atoms with Crippen molar-refractivity contribution >= 4 is 5.97 Å². The number of fused-ring (bicyclic) bond motifs is 4. The first kappa shape index (κ1) is 25.1. The van der Waals surface area contributed by atoms with E-state index in [2.05, 4.69) is 13.0 Å². The van der Waals surface area contributed by atoms with Crippen molar-refractivity contribution in [3.8, 4) is 5.75 Å². The quantitative estimate of drug-likeness (QED) is 0.332. The van der Waals surface area contributed by atoms with Crippen LogP contribution in [-0.4, -0.2) is 41.1 Å². The molecule has 3 fully saturated rings. The zero-order valence-electron chi connectivity index (χ0n) is 21.4. The first-order valence-electron chi connectivity index (χ1n) is 14.3. The molecule has 0 aliphatic heterocycles. The molecule has 0 spiro atoms. The number of ether oxygens (including phenoxy) is 2. The summed E-state index contributed by atoms with van der Waals surface area (Å²) in [5, 5.41) is 21.3. The average molecular weight is 485 g/mol. The fraction of sp³-hybridized carbons (Fsp3) is 0.767. The summed E-state index contributed by atoms with van der Waals surface area (Å²) in [6, 6.07) is 6.17. The van der Waals surface area contributed by atoms with Crippen LogP contribution in [-0.2, 0) is 22.4 Å². The predicted molar refractivity (Wildman–Crippen MR) is 135 cm³/mol. The second kappa shape index (κ2) is 11.2. The van der Waals surface area contributed by atoms with Gasteiger partial charge in [0.2, 0.25) is 0 Å². The Bertz CT molecular complexity index is 868. The van der Waals surface area contributed by atoms with Crippen molar-refractivity contribution in [1.29, 1.82) is 0 Å². The summed E-state index contributed by atoms with van der Waals surface area (Å²) >= 11 is 0. The lowest BCUT2D eigenvalue weighted by Crippen LogP contribution is -2.29. The van der Waals surface area contributed by atoms with Crippen LogP contribution >= 0.6 is 0 Å². The van der Waals surface area contributed by atoms with Crippen molar-refractivity contribution in [2.24, 2.45) is 29.6 Å². The Balaban J connectivity index is 1.15. The third-order valence-corrected chi connectivity index (χ3v) is 9.62. The minimum Gasteiger partial charge on any atom is -0.482 e. The highest BCUT2D eigenvalue weighted by atomic mass is 16.6. The minimum absolute atomic E-state index is 0.0282. The van der Waals surface area contributed by atoms with Gasteiger partial charge in [-0.05, 0) is 111 Å². The first-order valence-corrected chi connectivity index (χ1v) is 14.3. The third kappa shape index (κ3) is 5.72. The fourth-order valence-electron chi connectivity index (χ4n) is 7.77. The second-order valence-corrected chi connectivity index (χ2v) is 11.9. The summed E-state index contributed by atoms with van der Waals surface area (Å²) in [6.07, 6.45) is 12.9. The van der Waals surface area contributed by atoms with E-state index in [0.717, 1.165) is 63.0 Å². The topological polar surface area (TPSA) is 76.0 Å². The maximum Gasteiger partial charge on any atom is 0.344 e. The van der Waals surface area contributed by atoms with Crippen molar-refractivity contribution in [3.63, 3.8) is 0 Å². The Morgan fingerprint density at radius 3 is 2.74 bits per heavy atom. The molecule has 35 heavy (non-hydrogen) atoms. The maximum absolute atomic E-state index is 12.5. The lowest BCUT2D eigenvalue weighted by atomic mass is 9.73. The summed E-state index contributed by atoms with van der Waals surface area (Å²) in [6.45, 7) is 2.16. The number of benzene rings is 1. The van der Waals surface area contributed by atoms with Crippen molar-refractivity contribution in [2.45, 2.75) is 109 Å². The van der Waals surface area contributed by atoms with Gasteiger partial charge in [-0.1, -0.05) is 38.3 Å². The third-order valence-electron chi connectivity index (χ3n) is 9.62. The highest BCUT2D eigenvalue weighted by Gasteiger charge is 2.45. The molecule has 4 aliphatic rings. The van der Waals surface area contributed by atoms with E-state index < -0.39 is 0 Å². The smallest absolute Gasteiger partial charge is 0.344 e. The maximum atomic E-state index is 12.5. The van der Waals surface area contributed by atoms with Crippen molar-refractivity contribution in [1.82, 2.24) is 0 Å². The molecule has 0 amide bonds. The Morgan fingerprint density at radius 2 is 1.97 bits per heavy atom. The number of rotatable bonds is 11. The van der Waals surface area contributed by atoms with Gasteiger partial charge in [-0.2, -0.15) is 0 Å². The van der Waals surface area contributed by atoms with Gasteiger partial charge in [0, 0.05) is 0 Å². The van der Waals surface area contributed by atoms with Gasteiger partial charge in [-0.15, -0.1) is 0 Å². The highest BCUT2D eigenvalue weighted by molar-refractivity contribution is 5.71. The lowest BCUT2D eigenvalue weighted by Gasteiger charge is -2.32. The van der Waals surface area contributed by atoms with Crippen LogP contribution < -0.4 is 4.74 Å².